The summed E-state index contributed by atoms with van der Waals surface area (Å²) in [6, 6.07) is 1.94. The number of pyridine rings is 1. The second-order valence-electron chi connectivity index (χ2n) is 6.07. The zero-order valence-electron chi connectivity index (χ0n) is 13.6. The Bertz CT molecular complexity index is 650. The average molecular weight is 414 g/mol. The van der Waals surface area contributed by atoms with E-state index in [1.54, 1.807) is 4.90 Å². The Hall–Kier alpha value is -1.78. The summed E-state index contributed by atoms with van der Waals surface area (Å²) in [7, 11) is 0. The Morgan fingerprint density at radius 3 is 2.69 bits per heavy atom. The van der Waals surface area contributed by atoms with E-state index >= 15 is 0 Å². The number of aromatic nitrogens is 1. The fraction of sp³-hybridized carbons (Fsp3) is 0.571. The normalized spacial score (nSPS) is 23.7. The van der Waals surface area contributed by atoms with Crippen molar-refractivity contribution in [1.29, 1.82) is 0 Å². The van der Waals surface area contributed by atoms with Gasteiger partial charge in [0.15, 0.2) is 0 Å². The third-order valence-electron chi connectivity index (χ3n) is 4.22. The summed E-state index contributed by atoms with van der Waals surface area (Å²) in [6.07, 6.45) is 1.35. The number of carbonyl (C=O) groups excluding carboxylic acids is 1. The van der Waals surface area contributed by atoms with Gasteiger partial charge in [-0.3, -0.25) is 20.2 Å². The maximum Gasteiger partial charge on any atom is 0.287 e. The zero-order valence-corrected chi connectivity index (χ0v) is 15.2. The molecule has 2 saturated heterocycles. The van der Waals surface area contributed by atoms with Crippen LogP contribution < -0.4 is 10.6 Å². The molecule has 0 spiro atoms. The molecule has 1 amide bonds. The van der Waals surface area contributed by atoms with Gasteiger partial charge in [0, 0.05) is 31.6 Å². The van der Waals surface area contributed by atoms with Crippen LogP contribution in [0.2, 0.25) is 0 Å². The predicted molar refractivity (Wildman–Crippen MR) is 95.3 cm³/mol. The molecule has 0 saturated carbocycles. The minimum Gasteiger partial charge on any atom is -0.365 e. The van der Waals surface area contributed by atoms with Crippen LogP contribution in [0.4, 0.5) is 20.3 Å². The molecule has 8 nitrogen and oxygen atoms in total. The lowest BCUT2D eigenvalue weighted by molar-refractivity contribution is -0.385. The second kappa shape index (κ2) is 8.74. The van der Waals surface area contributed by atoms with Gasteiger partial charge in [-0.15, -0.1) is 24.8 Å². The van der Waals surface area contributed by atoms with E-state index in [0.717, 1.165) is 6.20 Å². The van der Waals surface area contributed by atoms with Crippen LogP contribution in [0.3, 0.4) is 0 Å². The Morgan fingerprint density at radius 2 is 2.15 bits per heavy atom. The summed E-state index contributed by atoms with van der Waals surface area (Å²) in [5.74, 6) is -2.67. The highest BCUT2D eigenvalue weighted by Gasteiger charge is 2.44. The van der Waals surface area contributed by atoms with Crippen LogP contribution in [0.1, 0.15) is 12.8 Å². The number of likely N-dealkylation sites (tertiary alicyclic amines) is 1. The number of alkyl halides is 2. The molecular formula is C14H19Cl2F2N5O3. The summed E-state index contributed by atoms with van der Waals surface area (Å²) < 4.78 is 26.4. The van der Waals surface area contributed by atoms with Crippen LogP contribution in [0, 0.1) is 10.1 Å². The Kier molecular flexibility index (Phi) is 7.48. The van der Waals surface area contributed by atoms with Gasteiger partial charge < -0.3 is 10.2 Å². The van der Waals surface area contributed by atoms with E-state index in [0.29, 0.717) is 25.3 Å². The number of anilines is 1. The molecule has 146 valence electrons. The Balaban J connectivity index is 0.00000169. The Morgan fingerprint density at radius 1 is 1.42 bits per heavy atom. The molecule has 2 atom stereocenters. The second-order valence-corrected chi connectivity index (χ2v) is 6.07. The van der Waals surface area contributed by atoms with Crippen LogP contribution in [0.25, 0.3) is 0 Å². The van der Waals surface area contributed by atoms with E-state index in [1.165, 1.54) is 12.1 Å². The van der Waals surface area contributed by atoms with E-state index in [1.807, 2.05) is 0 Å². The highest BCUT2D eigenvalue weighted by molar-refractivity contribution is 5.85. The van der Waals surface area contributed by atoms with Crippen molar-refractivity contribution in [3.63, 3.8) is 0 Å². The van der Waals surface area contributed by atoms with Gasteiger partial charge >= 0.3 is 0 Å². The van der Waals surface area contributed by atoms with Crippen molar-refractivity contribution in [1.82, 2.24) is 15.2 Å². The highest BCUT2D eigenvalue weighted by Crippen LogP contribution is 2.27. The van der Waals surface area contributed by atoms with Gasteiger partial charge in [0.1, 0.15) is 12.0 Å². The minimum atomic E-state index is -2.83. The monoisotopic (exact) mass is 413 g/mol. The third kappa shape index (κ3) is 5.12. The van der Waals surface area contributed by atoms with Crippen molar-refractivity contribution in [3.05, 3.63) is 28.4 Å². The van der Waals surface area contributed by atoms with Crippen LogP contribution in [0.5, 0.6) is 0 Å². The molecule has 0 aliphatic carbocycles. The van der Waals surface area contributed by atoms with E-state index < -0.39 is 29.9 Å². The minimum absolute atomic E-state index is 0. The number of carbonyl (C=O) groups is 1. The fourth-order valence-electron chi connectivity index (χ4n) is 2.98. The molecule has 2 fully saturated rings. The van der Waals surface area contributed by atoms with Crippen LogP contribution in [0.15, 0.2) is 18.3 Å². The molecule has 2 aliphatic heterocycles. The van der Waals surface area contributed by atoms with Crippen LogP contribution in [-0.2, 0) is 4.79 Å². The van der Waals surface area contributed by atoms with Crippen LogP contribution in [-0.4, -0.2) is 58.4 Å². The predicted octanol–water partition coefficient (Wildman–Crippen LogP) is 1.84. The first-order valence-corrected chi connectivity index (χ1v) is 7.61. The van der Waals surface area contributed by atoms with Crippen LogP contribution >= 0.6 is 24.8 Å². The van der Waals surface area contributed by atoms with E-state index in [9.17, 15) is 23.7 Å². The van der Waals surface area contributed by atoms with Crippen molar-refractivity contribution < 1.29 is 18.5 Å². The summed E-state index contributed by atoms with van der Waals surface area (Å²) in [5.41, 5.74) is -0.1000. The van der Waals surface area contributed by atoms with Gasteiger partial charge in [-0.05, 0) is 12.5 Å². The van der Waals surface area contributed by atoms with E-state index in [-0.39, 0.29) is 42.5 Å². The van der Waals surface area contributed by atoms with Gasteiger partial charge in [-0.25, -0.2) is 13.8 Å². The molecule has 1 aromatic rings. The summed E-state index contributed by atoms with van der Waals surface area (Å²) in [5, 5.41) is 16.3. The number of hydrogen-bond acceptors (Lipinski definition) is 6. The molecule has 2 N–H and O–H groups in total. The quantitative estimate of drug-likeness (QED) is 0.576. The van der Waals surface area contributed by atoms with E-state index in [2.05, 4.69) is 15.6 Å². The van der Waals surface area contributed by atoms with Crippen molar-refractivity contribution in [2.75, 3.05) is 25.0 Å². The fourth-order valence-corrected chi connectivity index (χ4v) is 2.98. The van der Waals surface area contributed by atoms with Crippen molar-refractivity contribution in [3.8, 4) is 0 Å². The topological polar surface area (TPSA) is 100 Å². The molecule has 1 aromatic heterocycles. The van der Waals surface area contributed by atoms with Gasteiger partial charge in [-0.2, -0.15) is 0 Å². The number of amides is 1. The molecule has 0 bridgehead atoms. The molecule has 2 unspecified atom stereocenters. The lowest BCUT2D eigenvalue weighted by Crippen LogP contribution is -2.43. The SMILES string of the molecule is Cl.Cl.O=C(C1CC(F)(F)CN1)N1CCC(Nc2ccc([N+](=O)[O-])cn2)C1. The van der Waals surface area contributed by atoms with Gasteiger partial charge in [0.25, 0.3) is 11.6 Å². The molecule has 3 heterocycles. The highest BCUT2D eigenvalue weighted by atomic mass is 35.5. The largest absolute Gasteiger partial charge is 0.365 e. The van der Waals surface area contributed by atoms with Crippen molar-refractivity contribution >= 4 is 42.2 Å². The lowest BCUT2D eigenvalue weighted by Gasteiger charge is -2.21. The molecule has 12 heteroatoms. The average Bonchev–Trinajstić information content (AvgIpc) is 3.13. The first kappa shape index (κ1) is 22.3. The van der Waals surface area contributed by atoms with Gasteiger partial charge in [0.2, 0.25) is 5.91 Å². The number of hydrogen-bond donors (Lipinski definition) is 2. The summed E-state index contributed by atoms with van der Waals surface area (Å²) in [6.45, 7) is 0.403. The molecule has 26 heavy (non-hydrogen) atoms. The van der Waals surface area contributed by atoms with Gasteiger partial charge in [-0.1, -0.05) is 0 Å². The third-order valence-corrected chi connectivity index (χ3v) is 4.22. The summed E-state index contributed by atoms with van der Waals surface area (Å²) in [4.78, 5) is 27.8. The number of nitrogens with one attached hydrogen (secondary N) is 2. The number of halogens is 4. The van der Waals surface area contributed by atoms with Crippen molar-refractivity contribution in [2.24, 2.45) is 0 Å². The molecule has 3 rings (SSSR count). The maximum atomic E-state index is 13.2. The number of nitro groups is 1. The van der Waals surface area contributed by atoms with Crippen molar-refractivity contribution in [2.45, 2.75) is 30.8 Å². The zero-order chi connectivity index (χ0) is 17.3. The van der Waals surface area contributed by atoms with Gasteiger partial charge in [0.05, 0.1) is 17.5 Å². The Labute approximate surface area is 160 Å². The molecular weight excluding hydrogens is 395 g/mol. The smallest absolute Gasteiger partial charge is 0.287 e. The first-order chi connectivity index (χ1) is 11.3. The molecule has 2 aliphatic rings. The number of nitrogens with zero attached hydrogens (tertiary/aromatic N) is 3. The maximum absolute atomic E-state index is 13.2. The first-order valence-electron chi connectivity index (χ1n) is 7.61. The number of rotatable bonds is 4. The lowest BCUT2D eigenvalue weighted by atomic mass is 10.2. The standard InChI is InChI=1S/C14H17F2N5O3.2ClH/c15-14(16)5-11(18-8-14)13(22)20-4-3-9(7-20)19-12-2-1-10(6-17-12)21(23)24;;/h1-2,6,9,11,18H,3-5,7-8H2,(H,17,19);2*1H. The van der Waals surface area contributed by atoms with E-state index in [4.69, 9.17) is 0 Å². The molecule has 0 aromatic carbocycles. The molecule has 0 radical (unpaired) electrons. The summed E-state index contributed by atoms with van der Waals surface area (Å²) >= 11 is 0.